The molecule has 2 aromatic heterocycles. The molecule has 0 saturated heterocycles. The van der Waals surface area contributed by atoms with E-state index in [0.717, 1.165) is 22.4 Å². The van der Waals surface area contributed by atoms with E-state index in [1.165, 1.54) is 35.6 Å². The maximum absolute atomic E-state index is 12.5. The molecule has 0 spiro atoms. The molecule has 1 amide bonds. The maximum atomic E-state index is 12.5. The number of sulfone groups is 1. The lowest BCUT2D eigenvalue weighted by molar-refractivity contribution is 0.0995. The van der Waals surface area contributed by atoms with Crippen LogP contribution >= 0.6 is 11.3 Å². The first-order valence-electron chi connectivity index (χ1n) is 9.53. The molecule has 0 aliphatic carbocycles. The fourth-order valence-electron chi connectivity index (χ4n) is 3.10. The van der Waals surface area contributed by atoms with Crippen LogP contribution in [0.5, 0.6) is 0 Å². The SMILES string of the molecule is Cc1ccc(C)c(-c2csc(NC(=O)c3ccc(CS(=O)(=O)c4ccccc4)o3)n2)c1. The molecule has 6 nitrogen and oxygen atoms in total. The normalized spacial score (nSPS) is 11.4. The number of amides is 1. The molecule has 0 unspecified atom stereocenters. The first-order chi connectivity index (χ1) is 14.8. The van der Waals surface area contributed by atoms with Crippen molar-refractivity contribution in [2.45, 2.75) is 24.5 Å². The van der Waals surface area contributed by atoms with Gasteiger partial charge in [-0.05, 0) is 49.7 Å². The number of thiazole rings is 1. The third-order valence-electron chi connectivity index (χ3n) is 4.71. The summed E-state index contributed by atoms with van der Waals surface area (Å²) in [5.41, 5.74) is 4.04. The average molecular weight is 453 g/mol. The smallest absolute Gasteiger partial charge is 0.293 e. The molecule has 0 aliphatic heterocycles. The molecule has 158 valence electrons. The predicted molar refractivity (Wildman–Crippen MR) is 121 cm³/mol. The minimum Gasteiger partial charge on any atom is -0.455 e. The first kappa shape index (κ1) is 21.0. The zero-order chi connectivity index (χ0) is 22.0. The second-order valence-electron chi connectivity index (χ2n) is 7.15. The number of carbonyl (C=O) groups is 1. The van der Waals surface area contributed by atoms with Gasteiger partial charge in [0.05, 0.1) is 10.6 Å². The molecule has 0 saturated carbocycles. The Morgan fingerprint density at radius 3 is 2.61 bits per heavy atom. The summed E-state index contributed by atoms with van der Waals surface area (Å²) in [6, 6.07) is 17.2. The molecular formula is C23H20N2O4S2. The highest BCUT2D eigenvalue weighted by atomic mass is 32.2. The summed E-state index contributed by atoms with van der Waals surface area (Å²) in [6.45, 7) is 4.03. The number of benzene rings is 2. The van der Waals surface area contributed by atoms with E-state index in [0.29, 0.717) is 5.13 Å². The molecule has 31 heavy (non-hydrogen) atoms. The molecule has 4 aromatic rings. The zero-order valence-corrected chi connectivity index (χ0v) is 18.6. The highest BCUT2D eigenvalue weighted by Crippen LogP contribution is 2.28. The summed E-state index contributed by atoms with van der Waals surface area (Å²) in [5, 5.41) is 5.04. The lowest BCUT2D eigenvalue weighted by atomic mass is 10.0. The fraction of sp³-hybridized carbons (Fsp3) is 0.130. The molecule has 1 N–H and O–H groups in total. The number of aryl methyl sites for hydroxylation is 2. The van der Waals surface area contributed by atoms with Gasteiger partial charge in [0.2, 0.25) is 0 Å². The Bertz CT molecular complexity index is 1340. The lowest BCUT2D eigenvalue weighted by Crippen LogP contribution is -2.10. The van der Waals surface area contributed by atoms with Gasteiger partial charge in [-0.15, -0.1) is 11.3 Å². The van der Waals surface area contributed by atoms with Crippen LogP contribution in [0.3, 0.4) is 0 Å². The van der Waals surface area contributed by atoms with Gasteiger partial charge in [-0.3, -0.25) is 10.1 Å². The van der Waals surface area contributed by atoms with Gasteiger partial charge in [0, 0.05) is 10.9 Å². The van der Waals surface area contributed by atoms with Gasteiger partial charge in [0.15, 0.2) is 20.7 Å². The fourth-order valence-corrected chi connectivity index (χ4v) is 5.08. The van der Waals surface area contributed by atoms with Crippen molar-refractivity contribution >= 4 is 32.2 Å². The Morgan fingerprint density at radius 2 is 1.84 bits per heavy atom. The van der Waals surface area contributed by atoms with Crippen molar-refractivity contribution < 1.29 is 17.6 Å². The monoisotopic (exact) mass is 452 g/mol. The third kappa shape index (κ3) is 4.76. The number of hydrogen-bond donors (Lipinski definition) is 1. The van der Waals surface area contributed by atoms with Gasteiger partial charge in [0.1, 0.15) is 11.5 Å². The van der Waals surface area contributed by atoms with Crippen molar-refractivity contribution in [3.05, 3.63) is 88.7 Å². The highest BCUT2D eigenvalue weighted by Gasteiger charge is 2.20. The second-order valence-corrected chi connectivity index (χ2v) is 10.00. The first-order valence-corrected chi connectivity index (χ1v) is 12.1. The number of aromatic nitrogens is 1. The quantitative estimate of drug-likeness (QED) is 0.432. The van der Waals surface area contributed by atoms with Crippen molar-refractivity contribution in [1.82, 2.24) is 4.98 Å². The summed E-state index contributed by atoms with van der Waals surface area (Å²) in [4.78, 5) is 17.3. The second kappa shape index (κ2) is 8.49. The molecule has 0 bridgehead atoms. The van der Waals surface area contributed by atoms with E-state index < -0.39 is 15.7 Å². The summed E-state index contributed by atoms with van der Waals surface area (Å²) in [7, 11) is -3.56. The highest BCUT2D eigenvalue weighted by molar-refractivity contribution is 7.90. The summed E-state index contributed by atoms with van der Waals surface area (Å²) >= 11 is 1.32. The van der Waals surface area contributed by atoms with Crippen LogP contribution in [0.25, 0.3) is 11.3 Å². The summed E-state index contributed by atoms with van der Waals surface area (Å²) < 4.78 is 30.5. The molecule has 8 heteroatoms. The van der Waals surface area contributed by atoms with Crippen molar-refractivity contribution in [2.24, 2.45) is 0 Å². The van der Waals surface area contributed by atoms with E-state index in [1.54, 1.807) is 18.2 Å². The Kier molecular flexibility index (Phi) is 5.75. The van der Waals surface area contributed by atoms with Crippen LogP contribution in [0.15, 0.2) is 75.4 Å². The van der Waals surface area contributed by atoms with Crippen LogP contribution in [0.2, 0.25) is 0 Å². The number of rotatable bonds is 6. The molecule has 0 fully saturated rings. The Hall–Kier alpha value is -3.23. The number of carbonyl (C=O) groups excluding carboxylic acids is 1. The van der Waals surface area contributed by atoms with Crippen LogP contribution in [0.4, 0.5) is 5.13 Å². The van der Waals surface area contributed by atoms with E-state index in [4.69, 9.17) is 4.42 Å². The van der Waals surface area contributed by atoms with Crippen molar-refractivity contribution in [2.75, 3.05) is 5.32 Å². The molecule has 0 aliphatic rings. The molecule has 2 heterocycles. The van der Waals surface area contributed by atoms with E-state index >= 15 is 0 Å². The van der Waals surface area contributed by atoms with E-state index in [2.05, 4.69) is 16.4 Å². The van der Waals surface area contributed by atoms with Gasteiger partial charge < -0.3 is 4.42 Å². The predicted octanol–water partition coefficient (Wildman–Crippen LogP) is 5.25. The van der Waals surface area contributed by atoms with E-state index in [9.17, 15) is 13.2 Å². The Labute approximate surface area is 184 Å². The number of nitrogens with one attached hydrogen (secondary N) is 1. The van der Waals surface area contributed by atoms with Gasteiger partial charge in [0.25, 0.3) is 5.91 Å². The van der Waals surface area contributed by atoms with Crippen LogP contribution in [-0.2, 0) is 15.6 Å². The molecule has 0 atom stereocenters. The minimum absolute atomic E-state index is 0.0294. The van der Waals surface area contributed by atoms with Gasteiger partial charge in [-0.1, -0.05) is 35.9 Å². The number of hydrogen-bond acceptors (Lipinski definition) is 6. The zero-order valence-electron chi connectivity index (χ0n) is 17.0. The number of nitrogens with zero attached hydrogens (tertiary/aromatic N) is 1. The largest absolute Gasteiger partial charge is 0.455 e. The summed E-state index contributed by atoms with van der Waals surface area (Å²) in [6.07, 6.45) is 0. The van der Waals surface area contributed by atoms with Crippen LogP contribution in [0.1, 0.15) is 27.4 Å². The van der Waals surface area contributed by atoms with Crippen LogP contribution in [-0.4, -0.2) is 19.3 Å². The maximum Gasteiger partial charge on any atom is 0.293 e. The lowest BCUT2D eigenvalue weighted by Gasteiger charge is -2.04. The topological polar surface area (TPSA) is 89.3 Å². The summed E-state index contributed by atoms with van der Waals surface area (Å²) in [5.74, 6) is -0.575. The molecule has 2 aromatic carbocycles. The van der Waals surface area contributed by atoms with Crippen LogP contribution in [0, 0.1) is 13.8 Å². The molecular weight excluding hydrogens is 432 g/mol. The van der Waals surface area contributed by atoms with Gasteiger partial charge in [-0.25, -0.2) is 13.4 Å². The van der Waals surface area contributed by atoms with Crippen LogP contribution < -0.4 is 5.32 Å². The minimum atomic E-state index is -3.56. The van der Waals surface area contributed by atoms with Gasteiger partial charge in [-0.2, -0.15) is 0 Å². The molecule has 4 rings (SSSR count). The van der Waals surface area contributed by atoms with Gasteiger partial charge >= 0.3 is 0 Å². The molecule has 0 radical (unpaired) electrons. The van der Waals surface area contributed by atoms with Crippen molar-refractivity contribution in [3.8, 4) is 11.3 Å². The number of anilines is 1. The Morgan fingerprint density at radius 1 is 1.06 bits per heavy atom. The van der Waals surface area contributed by atoms with E-state index in [-0.39, 0.29) is 22.2 Å². The van der Waals surface area contributed by atoms with Crippen molar-refractivity contribution in [1.29, 1.82) is 0 Å². The number of furan rings is 1. The van der Waals surface area contributed by atoms with Crippen molar-refractivity contribution in [3.63, 3.8) is 0 Å². The third-order valence-corrected chi connectivity index (χ3v) is 7.13. The Balaban J connectivity index is 1.46. The average Bonchev–Trinajstić information content (AvgIpc) is 3.40. The van der Waals surface area contributed by atoms with E-state index in [1.807, 2.05) is 31.4 Å². The standard InChI is InChI=1S/C23H20N2O4S2/c1-15-8-9-16(2)19(12-15)20-13-30-23(24-20)25-22(26)21-11-10-17(29-21)14-31(27,28)18-6-4-3-5-7-18/h3-13H,14H2,1-2H3,(H,24,25,26).